The van der Waals surface area contributed by atoms with Crippen LogP contribution in [0.15, 0.2) is 65.8 Å². The number of fused-ring (bicyclic) bond motifs is 1. The Morgan fingerprint density at radius 1 is 1.03 bits per heavy atom. The number of hydrogen-bond donors (Lipinski definition) is 2. The highest BCUT2D eigenvalue weighted by Crippen LogP contribution is 2.35. The standard InChI is InChI=1S/C21H21N3O3S.ClH/c1-27-19-6-4-18(5-7-19)24-28(25,26)20-14-17(15-8-11-22-12-9-15)13-16-3-2-10-23-21(16)20;/h4-9,11-14,23-24H,2-3,10H2,1H3;1H. The van der Waals surface area contributed by atoms with Gasteiger partial charge < -0.3 is 10.1 Å². The van der Waals surface area contributed by atoms with Crippen molar-refractivity contribution in [3.63, 3.8) is 0 Å². The fraction of sp³-hybridized carbons (Fsp3) is 0.190. The molecule has 0 unspecified atom stereocenters. The maximum Gasteiger partial charge on any atom is 0.263 e. The molecule has 0 spiro atoms. The van der Waals surface area contributed by atoms with Gasteiger partial charge in [-0.3, -0.25) is 9.71 Å². The Morgan fingerprint density at radius 2 is 1.76 bits per heavy atom. The Morgan fingerprint density at radius 3 is 2.45 bits per heavy atom. The molecular formula is C21H22ClN3O3S. The first-order chi connectivity index (χ1) is 13.6. The summed E-state index contributed by atoms with van der Waals surface area (Å²) >= 11 is 0. The van der Waals surface area contributed by atoms with Crippen LogP contribution in [-0.2, 0) is 16.4 Å². The van der Waals surface area contributed by atoms with Gasteiger partial charge in [-0.05, 0) is 78.1 Å². The normalized spacial score (nSPS) is 12.9. The molecule has 0 amide bonds. The number of methoxy groups -OCH3 is 1. The van der Waals surface area contributed by atoms with E-state index in [1.807, 2.05) is 12.1 Å². The predicted octanol–water partition coefficient (Wildman–Crippen LogP) is 4.34. The number of nitrogens with zero attached hydrogens (tertiary/aromatic N) is 1. The van der Waals surface area contributed by atoms with E-state index in [9.17, 15) is 8.42 Å². The van der Waals surface area contributed by atoms with Crippen molar-refractivity contribution in [2.75, 3.05) is 23.7 Å². The van der Waals surface area contributed by atoms with Crippen LogP contribution in [0, 0.1) is 0 Å². The third-order valence-corrected chi connectivity index (χ3v) is 6.16. The van der Waals surface area contributed by atoms with E-state index in [-0.39, 0.29) is 17.3 Å². The average molecular weight is 432 g/mol. The zero-order valence-electron chi connectivity index (χ0n) is 15.9. The number of sulfonamides is 1. The number of benzene rings is 2. The Bertz CT molecular complexity index is 1090. The van der Waals surface area contributed by atoms with E-state index in [0.717, 1.165) is 36.1 Å². The average Bonchev–Trinajstić information content (AvgIpc) is 2.74. The van der Waals surface area contributed by atoms with Crippen molar-refractivity contribution in [3.05, 3.63) is 66.5 Å². The molecule has 0 radical (unpaired) electrons. The Kier molecular flexibility index (Phi) is 6.30. The molecule has 3 aromatic rings. The summed E-state index contributed by atoms with van der Waals surface area (Å²) in [7, 11) is -2.20. The van der Waals surface area contributed by atoms with Crippen LogP contribution in [0.4, 0.5) is 11.4 Å². The molecule has 2 aromatic carbocycles. The first kappa shape index (κ1) is 21.0. The summed E-state index contributed by atoms with van der Waals surface area (Å²) in [4.78, 5) is 4.30. The number of aryl methyl sites for hydroxylation is 1. The summed E-state index contributed by atoms with van der Waals surface area (Å²) in [5.74, 6) is 0.668. The van der Waals surface area contributed by atoms with E-state index < -0.39 is 10.0 Å². The van der Waals surface area contributed by atoms with Crippen molar-refractivity contribution in [2.24, 2.45) is 0 Å². The molecule has 1 aliphatic heterocycles. The first-order valence-electron chi connectivity index (χ1n) is 9.05. The summed E-state index contributed by atoms with van der Waals surface area (Å²) < 4.78 is 34.2. The summed E-state index contributed by atoms with van der Waals surface area (Å²) in [6.45, 7) is 0.757. The number of hydrogen-bond acceptors (Lipinski definition) is 5. The zero-order chi connectivity index (χ0) is 19.6. The minimum absolute atomic E-state index is 0. The number of anilines is 2. The fourth-order valence-electron chi connectivity index (χ4n) is 3.36. The van der Waals surface area contributed by atoms with Gasteiger partial charge in [0.05, 0.1) is 12.8 Å². The minimum atomic E-state index is -3.77. The topological polar surface area (TPSA) is 80.3 Å². The van der Waals surface area contributed by atoms with E-state index >= 15 is 0 Å². The van der Waals surface area contributed by atoms with Crippen molar-refractivity contribution in [3.8, 4) is 16.9 Å². The van der Waals surface area contributed by atoms with Crippen molar-refractivity contribution < 1.29 is 13.2 Å². The van der Waals surface area contributed by atoms with Crippen LogP contribution in [0.25, 0.3) is 11.1 Å². The quantitative estimate of drug-likeness (QED) is 0.628. The summed E-state index contributed by atoms with van der Waals surface area (Å²) in [6, 6.07) is 14.3. The van der Waals surface area contributed by atoms with Gasteiger partial charge in [0.15, 0.2) is 0 Å². The lowest BCUT2D eigenvalue weighted by Crippen LogP contribution is -2.20. The van der Waals surface area contributed by atoms with E-state index in [1.165, 1.54) is 0 Å². The van der Waals surface area contributed by atoms with Crippen LogP contribution in [0.2, 0.25) is 0 Å². The second-order valence-electron chi connectivity index (χ2n) is 6.61. The maximum absolute atomic E-state index is 13.2. The Hall–Kier alpha value is -2.77. The second kappa shape index (κ2) is 8.71. The van der Waals surface area contributed by atoms with Crippen LogP contribution in [0.3, 0.4) is 0 Å². The van der Waals surface area contributed by atoms with Gasteiger partial charge in [0, 0.05) is 24.6 Å². The summed E-state index contributed by atoms with van der Waals surface area (Å²) in [5, 5.41) is 3.27. The highest BCUT2D eigenvalue weighted by molar-refractivity contribution is 7.92. The van der Waals surface area contributed by atoms with Crippen LogP contribution in [0.1, 0.15) is 12.0 Å². The molecule has 8 heteroatoms. The van der Waals surface area contributed by atoms with Crippen LogP contribution in [0.5, 0.6) is 5.75 Å². The second-order valence-corrected chi connectivity index (χ2v) is 8.26. The van der Waals surface area contributed by atoms with Crippen molar-refractivity contribution in [1.82, 2.24) is 4.98 Å². The number of rotatable bonds is 5. The van der Waals surface area contributed by atoms with Crippen molar-refractivity contribution >= 4 is 33.8 Å². The number of aromatic nitrogens is 1. The minimum Gasteiger partial charge on any atom is -0.497 e. The number of pyridine rings is 1. The highest BCUT2D eigenvalue weighted by atomic mass is 35.5. The van der Waals surface area contributed by atoms with Crippen LogP contribution < -0.4 is 14.8 Å². The Balaban J connectivity index is 0.00000240. The molecule has 1 aliphatic rings. The molecule has 0 saturated carbocycles. The van der Waals surface area contributed by atoms with Gasteiger partial charge in [0.2, 0.25) is 0 Å². The maximum atomic E-state index is 13.2. The lowest BCUT2D eigenvalue weighted by molar-refractivity contribution is 0.415. The molecule has 2 heterocycles. The monoisotopic (exact) mass is 431 g/mol. The molecule has 0 saturated heterocycles. The molecule has 0 fully saturated rings. The van der Waals surface area contributed by atoms with E-state index in [1.54, 1.807) is 49.8 Å². The molecule has 2 N–H and O–H groups in total. The first-order valence-corrected chi connectivity index (χ1v) is 10.5. The number of nitrogens with one attached hydrogen (secondary N) is 2. The SMILES string of the molecule is COc1ccc(NS(=O)(=O)c2cc(-c3ccncc3)cc3c2NCCC3)cc1.Cl. The lowest BCUT2D eigenvalue weighted by Gasteiger charge is -2.23. The molecular weight excluding hydrogens is 410 g/mol. The highest BCUT2D eigenvalue weighted by Gasteiger charge is 2.24. The fourth-order valence-corrected chi connectivity index (χ4v) is 4.67. The van der Waals surface area contributed by atoms with Crippen LogP contribution >= 0.6 is 12.4 Å². The summed E-state index contributed by atoms with van der Waals surface area (Å²) in [6.07, 6.45) is 5.22. The molecule has 0 aliphatic carbocycles. The van der Waals surface area contributed by atoms with Gasteiger partial charge in [-0.1, -0.05) is 0 Å². The molecule has 0 bridgehead atoms. The third-order valence-electron chi connectivity index (χ3n) is 4.75. The zero-order valence-corrected chi connectivity index (χ0v) is 17.5. The summed E-state index contributed by atoms with van der Waals surface area (Å²) in [5.41, 5.74) is 3.98. The van der Waals surface area contributed by atoms with E-state index in [0.29, 0.717) is 17.1 Å². The van der Waals surface area contributed by atoms with Gasteiger partial charge in [0.1, 0.15) is 10.6 Å². The van der Waals surface area contributed by atoms with Crippen molar-refractivity contribution in [2.45, 2.75) is 17.7 Å². The van der Waals surface area contributed by atoms with E-state index in [4.69, 9.17) is 4.74 Å². The smallest absolute Gasteiger partial charge is 0.263 e. The number of halogens is 1. The third kappa shape index (κ3) is 4.46. The molecule has 0 atom stereocenters. The molecule has 29 heavy (non-hydrogen) atoms. The Labute approximate surface area is 176 Å². The van der Waals surface area contributed by atoms with Gasteiger partial charge in [-0.2, -0.15) is 0 Å². The lowest BCUT2D eigenvalue weighted by atomic mass is 9.98. The van der Waals surface area contributed by atoms with Gasteiger partial charge in [0.25, 0.3) is 10.0 Å². The molecule has 152 valence electrons. The molecule has 4 rings (SSSR count). The van der Waals surface area contributed by atoms with Gasteiger partial charge in [-0.25, -0.2) is 8.42 Å². The molecule has 1 aromatic heterocycles. The number of ether oxygens (including phenoxy) is 1. The largest absolute Gasteiger partial charge is 0.497 e. The predicted molar refractivity (Wildman–Crippen MR) is 118 cm³/mol. The van der Waals surface area contributed by atoms with Crippen LogP contribution in [-0.4, -0.2) is 27.1 Å². The van der Waals surface area contributed by atoms with Gasteiger partial charge >= 0.3 is 0 Å². The van der Waals surface area contributed by atoms with E-state index in [2.05, 4.69) is 21.1 Å². The van der Waals surface area contributed by atoms with Crippen molar-refractivity contribution in [1.29, 1.82) is 0 Å². The molecule has 6 nitrogen and oxygen atoms in total. The van der Waals surface area contributed by atoms with Gasteiger partial charge in [-0.15, -0.1) is 12.4 Å².